The van der Waals surface area contributed by atoms with Gasteiger partial charge in [0, 0.05) is 25.3 Å². The van der Waals surface area contributed by atoms with Crippen LogP contribution >= 0.6 is 0 Å². The summed E-state index contributed by atoms with van der Waals surface area (Å²) in [4.78, 5) is 66.0. The van der Waals surface area contributed by atoms with Gasteiger partial charge in [-0.15, -0.1) is 0 Å². The van der Waals surface area contributed by atoms with Gasteiger partial charge in [-0.2, -0.15) is 0 Å². The van der Waals surface area contributed by atoms with Crippen molar-refractivity contribution in [2.45, 2.75) is 110 Å². The summed E-state index contributed by atoms with van der Waals surface area (Å²) in [5.41, 5.74) is 6.39. The number of ketones is 1. The lowest BCUT2D eigenvalue weighted by Crippen LogP contribution is -2.58. The second-order valence-corrected chi connectivity index (χ2v) is 12.0. The second-order valence-electron chi connectivity index (χ2n) is 12.0. The minimum atomic E-state index is -1.08. The van der Waals surface area contributed by atoms with E-state index < -0.39 is 41.3 Å². The first-order valence-corrected chi connectivity index (χ1v) is 14.3. The number of amides is 3. The van der Waals surface area contributed by atoms with Crippen molar-refractivity contribution < 1.29 is 33.5 Å². The van der Waals surface area contributed by atoms with E-state index in [0.29, 0.717) is 43.6 Å². The number of rotatable bonds is 15. The smallest absolute Gasteiger partial charge is 0.372 e. The summed E-state index contributed by atoms with van der Waals surface area (Å²) < 4.78 is 5.30. The van der Waals surface area contributed by atoms with Gasteiger partial charge in [-0.05, 0) is 95.8 Å². The lowest BCUT2D eigenvalue weighted by atomic mass is 9.49. The number of hydrogen-bond acceptors (Lipinski definition) is 7. The third-order valence-electron chi connectivity index (χ3n) is 8.28. The molecule has 216 valence electrons. The fraction of sp³-hybridized carbons (Fsp3) is 0.786. The summed E-state index contributed by atoms with van der Waals surface area (Å²) in [6, 6.07) is -1.94. The Morgan fingerprint density at radius 3 is 2.10 bits per heavy atom. The number of nitrogens with zero attached hydrogens (tertiary/aromatic N) is 1. The Balaban J connectivity index is 1.70. The van der Waals surface area contributed by atoms with Crippen molar-refractivity contribution in [2.24, 2.45) is 23.2 Å². The molecule has 0 aromatic heterocycles. The van der Waals surface area contributed by atoms with E-state index in [1.807, 2.05) is 0 Å². The van der Waals surface area contributed by atoms with E-state index in [-0.39, 0.29) is 24.7 Å². The average molecular weight is 547 g/mol. The van der Waals surface area contributed by atoms with Gasteiger partial charge < -0.3 is 20.7 Å². The van der Waals surface area contributed by atoms with Crippen LogP contribution in [0.4, 0.5) is 0 Å². The maximum atomic E-state index is 13.7. The Labute approximate surface area is 230 Å². The number of hydrogen-bond donors (Lipinski definition) is 4. The Bertz CT molecular complexity index is 954. The van der Waals surface area contributed by atoms with Crippen LogP contribution in [0.2, 0.25) is 0 Å². The van der Waals surface area contributed by atoms with Gasteiger partial charge in [0.05, 0.1) is 16.4 Å². The van der Waals surface area contributed by atoms with Crippen molar-refractivity contribution in [1.29, 1.82) is 5.53 Å². The van der Waals surface area contributed by atoms with E-state index in [1.54, 1.807) is 13.8 Å². The first-order chi connectivity index (χ1) is 18.5. The van der Waals surface area contributed by atoms with Crippen molar-refractivity contribution in [2.75, 3.05) is 6.54 Å². The molecule has 4 fully saturated rings. The highest BCUT2D eigenvalue weighted by Crippen LogP contribution is 2.60. The predicted molar refractivity (Wildman–Crippen MR) is 142 cm³/mol. The van der Waals surface area contributed by atoms with E-state index in [9.17, 15) is 24.0 Å². The van der Waals surface area contributed by atoms with Crippen LogP contribution in [0, 0.1) is 28.7 Å². The third-order valence-corrected chi connectivity index (χ3v) is 8.28. The largest absolute Gasteiger partial charge is 0.461 e. The Kier molecular flexibility index (Phi) is 10.8. The van der Waals surface area contributed by atoms with Crippen LogP contribution in [0.3, 0.4) is 0 Å². The first kappa shape index (κ1) is 30.5. The third kappa shape index (κ3) is 8.71. The Hall–Kier alpha value is -3.07. The van der Waals surface area contributed by atoms with Gasteiger partial charge in [0.15, 0.2) is 0 Å². The monoisotopic (exact) mass is 546 g/mol. The number of Topliss-reactive ketones (excluding diaryl/α,β-unsaturated/α-hetero) is 1. The summed E-state index contributed by atoms with van der Waals surface area (Å²) >= 11 is 0. The first-order valence-electron chi connectivity index (χ1n) is 14.3. The van der Waals surface area contributed by atoms with Crippen molar-refractivity contribution in [3.63, 3.8) is 0 Å². The zero-order valence-corrected chi connectivity index (χ0v) is 23.4. The molecule has 4 saturated carbocycles. The summed E-state index contributed by atoms with van der Waals surface area (Å²) in [6.07, 6.45) is 8.09. The van der Waals surface area contributed by atoms with E-state index in [0.717, 1.165) is 25.5 Å². The molecule has 11 nitrogen and oxygen atoms in total. The molecule has 39 heavy (non-hydrogen) atoms. The molecular weight excluding hydrogens is 502 g/mol. The van der Waals surface area contributed by atoms with Crippen molar-refractivity contribution in [1.82, 2.24) is 16.0 Å². The molecule has 4 rings (SSSR count). The molecule has 0 aromatic rings. The zero-order chi connectivity index (χ0) is 28.6. The van der Waals surface area contributed by atoms with Crippen molar-refractivity contribution in [3.8, 4) is 0 Å². The van der Waals surface area contributed by atoms with Gasteiger partial charge in [0.2, 0.25) is 23.5 Å². The molecule has 4 bridgehead atoms. The van der Waals surface area contributed by atoms with Gasteiger partial charge >= 0.3 is 12.2 Å². The minimum absolute atomic E-state index is 0.0136. The Morgan fingerprint density at radius 2 is 1.56 bits per heavy atom. The highest BCUT2D eigenvalue weighted by atomic mass is 16.5. The fourth-order valence-corrected chi connectivity index (χ4v) is 6.97. The molecule has 11 heteroatoms. The van der Waals surface area contributed by atoms with Crippen LogP contribution in [0.25, 0.3) is 0 Å². The standard InChI is InChI=1S/C28H43N5O6/c1-17(2)39-26(37)24(8-7-22(35)16-31-29)32-25(36)23(6-4-5-9-30-18(3)34)33-27(38)28-13-19-10-20(14-28)12-21(11-19)15-28/h16-17,19-21,23-24,29H,4-15H2,1-3H3,(H2-,30,32,33,34,36,38)/p+1/t19?,20?,21?,23-,24-,28?/m0/s1. The molecule has 0 unspecified atom stereocenters. The molecule has 0 heterocycles. The van der Waals surface area contributed by atoms with Crippen LogP contribution in [-0.2, 0) is 28.7 Å². The van der Waals surface area contributed by atoms with Gasteiger partial charge in [-0.1, -0.05) is 0 Å². The van der Waals surface area contributed by atoms with Gasteiger partial charge in [-0.25, -0.2) is 4.79 Å². The predicted octanol–water partition coefficient (Wildman–Crippen LogP) is 2.09. The van der Waals surface area contributed by atoms with Crippen LogP contribution in [0.5, 0.6) is 0 Å². The highest BCUT2D eigenvalue weighted by molar-refractivity contribution is 6.25. The maximum absolute atomic E-state index is 13.7. The number of esters is 1. The molecule has 0 radical (unpaired) electrons. The van der Waals surface area contributed by atoms with Crippen LogP contribution < -0.4 is 16.0 Å². The zero-order valence-electron chi connectivity index (χ0n) is 23.4. The number of nitrogens with one attached hydrogen (secondary N) is 4. The highest BCUT2D eigenvalue weighted by Gasteiger charge is 2.55. The van der Waals surface area contributed by atoms with Crippen LogP contribution in [0.15, 0.2) is 0 Å². The molecule has 2 atom stereocenters. The molecule has 0 spiro atoms. The van der Waals surface area contributed by atoms with Crippen LogP contribution in [-0.4, -0.2) is 65.2 Å². The van der Waals surface area contributed by atoms with Crippen LogP contribution in [0.1, 0.15) is 91.4 Å². The normalized spacial score (nSPS) is 26.2. The Morgan fingerprint density at radius 1 is 0.949 bits per heavy atom. The fourth-order valence-electron chi connectivity index (χ4n) is 6.97. The maximum Gasteiger partial charge on any atom is 0.372 e. The van der Waals surface area contributed by atoms with Gasteiger partial charge in [0.25, 0.3) is 0 Å². The quantitative estimate of drug-likeness (QED) is 0.0806. The summed E-state index contributed by atoms with van der Waals surface area (Å²) in [7, 11) is 0. The van der Waals surface area contributed by atoms with E-state index in [4.69, 9.17) is 10.3 Å². The van der Waals surface area contributed by atoms with E-state index in [1.165, 1.54) is 26.2 Å². The molecule has 3 amide bonds. The SMILES string of the molecule is CC(=O)NCCCC[C@H](NC(=O)C12CC3CC(CC(C3)C1)C2)C(=O)N[C@@H](CCC(=O)C=[N+]=N)C(=O)OC(C)C. The molecular formula is C28H44N5O6+. The van der Waals surface area contributed by atoms with Crippen molar-refractivity contribution in [3.05, 3.63) is 0 Å². The van der Waals surface area contributed by atoms with E-state index in [2.05, 4.69) is 20.7 Å². The van der Waals surface area contributed by atoms with Crippen molar-refractivity contribution >= 4 is 35.7 Å². The summed E-state index contributed by atoms with van der Waals surface area (Å²) in [6.45, 7) is 5.30. The number of carbonyl (C=O) groups excluding carboxylic acids is 5. The van der Waals surface area contributed by atoms with Gasteiger partial charge in [-0.3, -0.25) is 19.2 Å². The molecule has 0 aromatic carbocycles. The van der Waals surface area contributed by atoms with E-state index >= 15 is 0 Å². The summed E-state index contributed by atoms with van der Waals surface area (Å²) in [5, 5.41) is 8.49. The number of carbonyl (C=O) groups is 5. The molecule has 0 saturated heterocycles. The summed E-state index contributed by atoms with van der Waals surface area (Å²) in [5.74, 6) is -0.0784. The molecule has 4 N–H and O–H groups in total. The number of ether oxygens (including phenoxy) is 1. The van der Waals surface area contributed by atoms with Gasteiger partial charge in [0.1, 0.15) is 12.1 Å². The average Bonchev–Trinajstić information content (AvgIpc) is 2.84. The molecule has 4 aliphatic carbocycles. The lowest BCUT2D eigenvalue weighted by Gasteiger charge is -2.55. The lowest BCUT2D eigenvalue weighted by molar-refractivity contribution is -0.152. The number of unbranched alkanes of at least 4 members (excludes halogenated alkanes) is 1. The second kappa shape index (κ2) is 13.8. The minimum Gasteiger partial charge on any atom is -0.461 e. The topological polar surface area (TPSA) is 169 Å². The molecule has 0 aliphatic heterocycles. The molecule has 4 aliphatic rings.